The fourth-order valence-electron chi connectivity index (χ4n) is 6.13. The Kier molecular flexibility index (Phi) is 9.10. The summed E-state index contributed by atoms with van der Waals surface area (Å²) in [6.45, 7) is 5.05. The molecule has 0 saturated carbocycles. The van der Waals surface area contributed by atoms with Gasteiger partial charge in [-0.3, -0.25) is 14.4 Å². The third-order valence-corrected chi connectivity index (χ3v) is 8.85. The van der Waals surface area contributed by atoms with Gasteiger partial charge in [-0.2, -0.15) is 26.3 Å². The van der Waals surface area contributed by atoms with Crippen LogP contribution in [-0.2, 0) is 32.2 Å². The number of hydrogen-bond donors (Lipinski definition) is 0. The number of likely N-dealkylation sites (tertiary alicyclic amines) is 2. The smallest absolute Gasteiger partial charge is 0.343 e. The molecule has 13 heteroatoms. The van der Waals surface area contributed by atoms with Crippen molar-refractivity contribution in [2.24, 2.45) is 5.92 Å². The molecule has 0 bridgehead atoms. The number of amides is 3. The van der Waals surface area contributed by atoms with Gasteiger partial charge < -0.3 is 14.7 Å². The van der Waals surface area contributed by atoms with Crippen molar-refractivity contribution < 1.29 is 45.1 Å². The fraction of sp³-hybridized carbons (Fsp3) is 0.516. The van der Waals surface area contributed by atoms with Gasteiger partial charge in [0.05, 0.1) is 22.6 Å². The lowest BCUT2D eigenvalue weighted by Gasteiger charge is -2.36. The zero-order chi connectivity index (χ0) is 32.8. The fourth-order valence-corrected chi connectivity index (χ4v) is 6.13. The van der Waals surface area contributed by atoms with Crippen molar-refractivity contribution in [2.45, 2.75) is 63.3 Å². The van der Waals surface area contributed by atoms with Gasteiger partial charge in [0.1, 0.15) is 5.82 Å². The van der Waals surface area contributed by atoms with Gasteiger partial charge in [-0.05, 0) is 68.1 Å². The van der Waals surface area contributed by atoms with Gasteiger partial charge in [-0.25, -0.2) is 4.39 Å². The second-order valence-electron chi connectivity index (χ2n) is 12.1. The highest BCUT2D eigenvalue weighted by atomic mass is 19.4. The van der Waals surface area contributed by atoms with Crippen LogP contribution in [0.15, 0.2) is 42.5 Å². The van der Waals surface area contributed by atoms with E-state index in [1.807, 2.05) is 0 Å². The molecule has 0 aromatic heterocycles. The van der Waals surface area contributed by atoms with Gasteiger partial charge >= 0.3 is 12.4 Å². The molecule has 3 amide bonds. The minimum atomic E-state index is -5.08. The average molecular weight is 630 g/mol. The van der Waals surface area contributed by atoms with Gasteiger partial charge in [0.15, 0.2) is 0 Å². The summed E-state index contributed by atoms with van der Waals surface area (Å²) in [6, 6.07) is 5.94. The Balaban J connectivity index is 1.65. The predicted octanol–water partition coefficient (Wildman–Crippen LogP) is 5.85. The first-order valence-corrected chi connectivity index (χ1v) is 14.2. The largest absolute Gasteiger partial charge is 0.416 e. The molecule has 0 radical (unpaired) electrons. The molecule has 2 aliphatic heterocycles. The Hall–Kier alpha value is -3.64. The zero-order valence-corrected chi connectivity index (χ0v) is 24.7. The molecule has 2 aliphatic rings. The maximum atomic E-state index is 13.9. The molecular weight excluding hydrogens is 595 g/mol. The lowest BCUT2D eigenvalue weighted by molar-refractivity contribution is -0.144. The summed E-state index contributed by atoms with van der Waals surface area (Å²) < 4.78 is 95.3. The Bertz CT molecular complexity index is 1370. The van der Waals surface area contributed by atoms with Crippen LogP contribution < -0.4 is 0 Å². The first-order valence-electron chi connectivity index (χ1n) is 14.2. The van der Waals surface area contributed by atoms with Gasteiger partial charge in [-0.15, -0.1) is 0 Å². The summed E-state index contributed by atoms with van der Waals surface area (Å²) in [5.74, 6) is -2.36. The number of halogens is 7. The summed E-state index contributed by atoms with van der Waals surface area (Å²) in [5, 5.41) is 0. The molecule has 2 atom stereocenters. The third-order valence-electron chi connectivity index (χ3n) is 8.85. The van der Waals surface area contributed by atoms with Gasteiger partial charge in [0, 0.05) is 52.0 Å². The molecule has 2 saturated heterocycles. The summed E-state index contributed by atoms with van der Waals surface area (Å²) in [7, 11) is 1.41. The number of piperidine rings is 1. The highest BCUT2D eigenvalue weighted by Gasteiger charge is 2.46. The quantitative estimate of drug-likeness (QED) is 0.390. The lowest BCUT2D eigenvalue weighted by atomic mass is 9.80. The zero-order valence-electron chi connectivity index (χ0n) is 24.7. The van der Waals surface area contributed by atoms with Crippen LogP contribution in [0, 0.1) is 11.7 Å². The maximum Gasteiger partial charge on any atom is 0.416 e. The Morgan fingerprint density at radius 2 is 1.30 bits per heavy atom. The summed E-state index contributed by atoms with van der Waals surface area (Å²) in [5.41, 5.74) is -4.71. The first kappa shape index (κ1) is 33.3. The molecule has 2 aromatic carbocycles. The molecule has 2 fully saturated rings. The van der Waals surface area contributed by atoms with Crippen LogP contribution in [0.4, 0.5) is 30.7 Å². The van der Waals surface area contributed by atoms with E-state index in [-0.39, 0.29) is 36.9 Å². The van der Waals surface area contributed by atoms with Crippen LogP contribution in [-0.4, -0.2) is 71.7 Å². The molecule has 0 spiro atoms. The number of benzene rings is 2. The van der Waals surface area contributed by atoms with E-state index in [1.165, 1.54) is 57.0 Å². The number of hydrogen-bond acceptors (Lipinski definition) is 3. The van der Waals surface area contributed by atoms with Crippen molar-refractivity contribution in [3.05, 3.63) is 70.5 Å². The molecular formula is C31H34F7N3O3. The van der Waals surface area contributed by atoms with E-state index in [0.29, 0.717) is 43.6 Å². The number of rotatable bonds is 5. The number of carbonyl (C=O) groups excluding carboxylic acids is 3. The van der Waals surface area contributed by atoms with Crippen molar-refractivity contribution in [2.75, 3.05) is 33.2 Å². The van der Waals surface area contributed by atoms with E-state index in [9.17, 15) is 45.1 Å². The van der Waals surface area contributed by atoms with Crippen LogP contribution >= 0.6 is 0 Å². The Morgan fingerprint density at radius 1 is 0.795 bits per heavy atom. The van der Waals surface area contributed by atoms with E-state index in [2.05, 4.69) is 0 Å². The van der Waals surface area contributed by atoms with Crippen molar-refractivity contribution in [1.82, 2.24) is 14.7 Å². The number of nitrogens with zero attached hydrogens (tertiary/aromatic N) is 3. The van der Waals surface area contributed by atoms with Crippen LogP contribution in [0.2, 0.25) is 0 Å². The van der Waals surface area contributed by atoms with E-state index in [1.54, 1.807) is 9.80 Å². The van der Waals surface area contributed by atoms with Crippen LogP contribution in [0.3, 0.4) is 0 Å². The molecule has 0 N–H and O–H groups in total. The van der Waals surface area contributed by atoms with Crippen molar-refractivity contribution >= 4 is 17.7 Å². The van der Waals surface area contributed by atoms with Crippen molar-refractivity contribution in [1.29, 1.82) is 0 Å². The molecule has 4 rings (SSSR count). The topological polar surface area (TPSA) is 60.9 Å². The molecule has 2 heterocycles. The van der Waals surface area contributed by atoms with E-state index in [4.69, 9.17) is 0 Å². The molecule has 240 valence electrons. The highest BCUT2D eigenvalue weighted by Crippen LogP contribution is 2.41. The minimum Gasteiger partial charge on any atom is -0.343 e. The molecule has 2 aromatic rings. The summed E-state index contributed by atoms with van der Waals surface area (Å²) in [4.78, 5) is 43.8. The number of alkyl halides is 6. The van der Waals surface area contributed by atoms with E-state index >= 15 is 0 Å². The lowest BCUT2D eigenvalue weighted by Crippen LogP contribution is -2.49. The minimum absolute atomic E-state index is 0.0136. The molecule has 0 unspecified atom stereocenters. The average Bonchev–Trinajstić information content (AvgIpc) is 3.40. The summed E-state index contributed by atoms with van der Waals surface area (Å²) >= 11 is 0. The Labute approximate surface area is 250 Å². The third kappa shape index (κ3) is 6.86. The van der Waals surface area contributed by atoms with Gasteiger partial charge in [0.25, 0.3) is 0 Å². The Morgan fingerprint density at radius 3 is 1.77 bits per heavy atom. The normalized spacial score (nSPS) is 20.2. The highest BCUT2D eigenvalue weighted by molar-refractivity contribution is 5.88. The predicted molar refractivity (Wildman–Crippen MR) is 147 cm³/mol. The monoisotopic (exact) mass is 629 g/mol. The maximum absolute atomic E-state index is 13.9. The van der Waals surface area contributed by atoms with Crippen molar-refractivity contribution in [3.63, 3.8) is 0 Å². The first-order chi connectivity index (χ1) is 20.3. The second kappa shape index (κ2) is 12.0. The van der Waals surface area contributed by atoms with Crippen molar-refractivity contribution in [3.8, 4) is 0 Å². The van der Waals surface area contributed by atoms with Crippen LogP contribution in [0.5, 0.6) is 0 Å². The number of likely N-dealkylation sites (N-methyl/N-ethyl adjacent to an activating group) is 1. The second-order valence-corrected chi connectivity index (χ2v) is 12.1. The standard InChI is InChI=1S/C31H34F7N3O3/c1-18(42)40-11-9-20(10-12-40)27(43)41-16-25(19-5-7-24(32)8-6-19)26(17-41)39(4)28(44)29(2,3)21-13-22(30(33,34)35)15-23(14-21)31(36,37)38/h5-8,13-15,20,25-26H,9-12,16-17H2,1-4H3/t25-,26+/m0/s1. The van der Waals surface area contributed by atoms with Crippen LogP contribution in [0.25, 0.3) is 0 Å². The summed E-state index contributed by atoms with van der Waals surface area (Å²) in [6.07, 6.45) is -9.25. The van der Waals surface area contributed by atoms with Gasteiger partial charge in [0.2, 0.25) is 17.7 Å². The molecule has 6 nitrogen and oxygen atoms in total. The molecule has 44 heavy (non-hydrogen) atoms. The SMILES string of the molecule is CC(=O)N1CCC(C(=O)N2C[C@@H](N(C)C(=O)C(C)(C)c3cc(C(F)(F)F)cc(C(F)(F)F)c3)[C@H](c3ccc(F)cc3)C2)CC1. The van der Waals surface area contributed by atoms with E-state index in [0.717, 1.165) is 0 Å². The molecule has 0 aliphatic carbocycles. The van der Waals surface area contributed by atoms with Crippen LogP contribution in [0.1, 0.15) is 61.8 Å². The van der Waals surface area contributed by atoms with E-state index < -0.39 is 58.1 Å². The number of carbonyl (C=O) groups is 3. The van der Waals surface area contributed by atoms with Gasteiger partial charge in [-0.1, -0.05) is 12.1 Å².